The predicted octanol–water partition coefficient (Wildman–Crippen LogP) is 4.61. The van der Waals surface area contributed by atoms with Crippen molar-refractivity contribution in [3.63, 3.8) is 0 Å². The zero-order valence-electron chi connectivity index (χ0n) is 17.8. The number of fused-ring (bicyclic) bond motifs is 1. The normalized spacial score (nSPS) is 15.9. The van der Waals surface area contributed by atoms with Gasteiger partial charge in [-0.05, 0) is 31.0 Å². The van der Waals surface area contributed by atoms with Crippen molar-refractivity contribution in [2.75, 3.05) is 18.0 Å². The molecule has 4 rings (SSSR count). The molecule has 31 heavy (non-hydrogen) atoms. The van der Waals surface area contributed by atoms with Gasteiger partial charge in [-0.1, -0.05) is 85.3 Å². The molecule has 0 spiro atoms. The predicted molar refractivity (Wildman–Crippen MR) is 128 cm³/mol. The van der Waals surface area contributed by atoms with Crippen molar-refractivity contribution >= 4 is 17.3 Å². The van der Waals surface area contributed by atoms with Crippen molar-refractivity contribution in [1.82, 2.24) is 0 Å². The number of amides is 1. The van der Waals surface area contributed by atoms with Crippen LogP contribution in [-0.4, -0.2) is 30.8 Å². The number of anilines is 1. The Morgan fingerprint density at radius 1 is 0.806 bits per heavy atom. The van der Waals surface area contributed by atoms with Crippen molar-refractivity contribution in [3.8, 4) is 0 Å². The topological polar surface area (TPSA) is 58.7 Å². The fraction of sp³-hybridized carbons (Fsp3) is 0.259. The average Bonchev–Trinajstić information content (AvgIpc) is 2.93. The van der Waals surface area contributed by atoms with E-state index in [-0.39, 0.29) is 5.91 Å². The van der Waals surface area contributed by atoms with Gasteiger partial charge in [-0.15, -0.1) is 0 Å². The first-order chi connectivity index (χ1) is 15.3. The molecule has 158 valence electrons. The summed E-state index contributed by atoms with van der Waals surface area (Å²) in [5, 5.41) is 0. The lowest BCUT2D eigenvalue weighted by Crippen LogP contribution is -2.39. The van der Waals surface area contributed by atoms with Crippen molar-refractivity contribution in [1.29, 1.82) is 0 Å². The lowest BCUT2D eigenvalue weighted by atomic mass is 10.00. The summed E-state index contributed by atoms with van der Waals surface area (Å²) in [5.41, 5.74) is 10.7. The Morgan fingerprint density at radius 2 is 1.48 bits per heavy atom. The molecule has 0 radical (unpaired) electrons. The van der Waals surface area contributed by atoms with Gasteiger partial charge in [-0.2, -0.15) is 0 Å². The third kappa shape index (κ3) is 4.92. The Labute approximate surface area is 184 Å². The molecule has 1 amide bonds. The van der Waals surface area contributed by atoms with Crippen LogP contribution in [0.4, 0.5) is 5.69 Å². The second-order valence-electron chi connectivity index (χ2n) is 7.91. The molecule has 1 aliphatic rings. The molecular formula is C27H29N3O. The van der Waals surface area contributed by atoms with E-state index < -0.39 is 6.04 Å². The van der Waals surface area contributed by atoms with E-state index in [1.807, 2.05) is 59.5 Å². The van der Waals surface area contributed by atoms with Gasteiger partial charge in [-0.25, -0.2) is 0 Å². The van der Waals surface area contributed by atoms with E-state index in [4.69, 9.17) is 10.7 Å². The maximum Gasteiger partial charge on any atom is 0.252 e. The third-order valence-electron chi connectivity index (χ3n) is 5.69. The standard InChI is InChI=1S/C27H29N3O/c28-18-10-3-11-19-30-25-17-9-8-16-23(25)26(22-14-6-2-7-15-22)29-24(27(30)31)20-21-12-4-1-5-13-21/h1-2,4-9,12-17,24H,3,10-11,18-20,28H2. The molecule has 0 saturated carbocycles. The van der Waals surface area contributed by atoms with Crippen LogP contribution < -0.4 is 10.6 Å². The van der Waals surface area contributed by atoms with E-state index in [9.17, 15) is 4.79 Å². The largest absolute Gasteiger partial charge is 0.330 e. The number of benzene rings is 3. The lowest BCUT2D eigenvalue weighted by molar-refractivity contribution is -0.119. The van der Waals surface area contributed by atoms with Crippen molar-refractivity contribution in [2.45, 2.75) is 31.7 Å². The molecule has 1 atom stereocenters. The van der Waals surface area contributed by atoms with E-state index in [1.165, 1.54) is 0 Å². The van der Waals surface area contributed by atoms with Crippen LogP contribution in [0.3, 0.4) is 0 Å². The number of carbonyl (C=O) groups excluding carboxylic acids is 1. The fourth-order valence-corrected chi connectivity index (χ4v) is 4.11. The van der Waals surface area contributed by atoms with Crippen molar-refractivity contribution in [3.05, 3.63) is 102 Å². The first kappa shape index (κ1) is 21.0. The van der Waals surface area contributed by atoms with Crippen molar-refractivity contribution < 1.29 is 4.79 Å². The van der Waals surface area contributed by atoms with Crippen LogP contribution in [0, 0.1) is 0 Å². The van der Waals surface area contributed by atoms with Crippen LogP contribution in [0.2, 0.25) is 0 Å². The maximum absolute atomic E-state index is 13.7. The van der Waals surface area contributed by atoms with Crippen LogP contribution in [0.1, 0.15) is 36.0 Å². The molecule has 3 aromatic carbocycles. The monoisotopic (exact) mass is 411 g/mol. The molecule has 4 nitrogen and oxygen atoms in total. The highest BCUT2D eigenvalue weighted by molar-refractivity contribution is 6.20. The minimum absolute atomic E-state index is 0.0648. The van der Waals surface area contributed by atoms with Gasteiger partial charge in [0.1, 0.15) is 6.04 Å². The van der Waals surface area contributed by atoms with Crippen LogP contribution in [0.5, 0.6) is 0 Å². The van der Waals surface area contributed by atoms with E-state index in [2.05, 4.69) is 30.3 Å². The van der Waals surface area contributed by atoms with Gasteiger partial charge < -0.3 is 10.6 Å². The highest BCUT2D eigenvalue weighted by Gasteiger charge is 2.31. The number of hydrogen-bond acceptors (Lipinski definition) is 3. The molecule has 0 fully saturated rings. The van der Waals surface area contributed by atoms with Crippen LogP contribution >= 0.6 is 0 Å². The van der Waals surface area contributed by atoms with E-state index in [0.29, 0.717) is 19.5 Å². The minimum atomic E-state index is -0.459. The summed E-state index contributed by atoms with van der Waals surface area (Å²) in [6.07, 6.45) is 3.50. The smallest absolute Gasteiger partial charge is 0.252 e. The molecule has 0 aromatic heterocycles. The Balaban J connectivity index is 1.77. The van der Waals surface area contributed by atoms with Crippen LogP contribution in [-0.2, 0) is 11.2 Å². The van der Waals surface area contributed by atoms with E-state index in [0.717, 1.165) is 47.4 Å². The second kappa shape index (κ2) is 10.2. The molecule has 1 unspecified atom stereocenters. The molecule has 1 heterocycles. The number of para-hydroxylation sites is 1. The highest BCUT2D eigenvalue weighted by atomic mass is 16.2. The van der Waals surface area contributed by atoms with E-state index in [1.54, 1.807) is 0 Å². The number of rotatable bonds is 8. The number of carbonyl (C=O) groups is 1. The summed E-state index contributed by atoms with van der Waals surface area (Å²) in [7, 11) is 0. The molecule has 1 aliphatic heterocycles. The van der Waals surface area contributed by atoms with Crippen molar-refractivity contribution in [2.24, 2.45) is 10.7 Å². The number of aliphatic imine (C=N–C) groups is 1. The van der Waals surface area contributed by atoms with Gasteiger partial charge in [0, 0.05) is 24.1 Å². The fourth-order valence-electron chi connectivity index (χ4n) is 4.11. The summed E-state index contributed by atoms with van der Waals surface area (Å²) in [4.78, 5) is 20.8. The first-order valence-electron chi connectivity index (χ1n) is 11.1. The average molecular weight is 412 g/mol. The SMILES string of the molecule is NCCCCCN1C(=O)C(Cc2ccccc2)N=C(c2ccccc2)c2ccccc21. The van der Waals surface area contributed by atoms with E-state index >= 15 is 0 Å². The van der Waals surface area contributed by atoms with Crippen LogP contribution in [0.25, 0.3) is 0 Å². The van der Waals surface area contributed by atoms with Gasteiger partial charge in [-0.3, -0.25) is 9.79 Å². The first-order valence-corrected chi connectivity index (χ1v) is 11.1. The molecular weight excluding hydrogens is 382 g/mol. The summed E-state index contributed by atoms with van der Waals surface area (Å²) >= 11 is 0. The molecule has 0 saturated heterocycles. The van der Waals surface area contributed by atoms with Gasteiger partial charge in [0.25, 0.3) is 5.91 Å². The highest BCUT2D eigenvalue weighted by Crippen LogP contribution is 2.30. The minimum Gasteiger partial charge on any atom is -0.330 e. The Hall–Kier alpha value is -3.24. The zero-order valence-corrected chi connectivity index (χ0v) is 17.8. The third-order valence-corrected chi connectivity index (χ3v) is 5.69. The van der Waals surface area contributed by atoms with Gasteiger partial charge in [0.05, 0.1) is 11.4 Å². The van der Waals surface area contributed by atoms with Gasteiger partial charge in [0.15, 0.2) is 0 Å². The molecule has 4 heteroatoms. The number of hydrogen-bond donors (Lipinski definition) is 1. The molecule has 3 aromatic rings. The number of unbranched alkanes of at least 4 members (excludes halogenated alkanes) is 2. The number of benzodiazepines with no additional fused rings is 1. The molecule has 2 N–H and O–H groups in total. The number of nitrogens with two attached hydrogens (primary N) is 1. The number of nitrogens with zero attached hydrogens (tertiary/aromatic N) is 2. The second-order valence-corrected chi connectivity index (χ2v) is 7.91. The lowest BCUT2D eigenvalue weighted by Gasteiger charge is -2.25. The Morgan fingerprint density at radius 3 is 2.23 bits per heavy atom. The Bertz CT molecular complexity index is 1030. The summed E-state index contributed by atoms with van der Waals surface area (Å²) < 4.78 is 0. The van der Waals surface area contributed by atoms with Crippen LogP contribution in [0.15, 0.2) is 89.9 Å². The summed E-state index contributed by atoms with van der Waals surface area (Å²) in [6, 6.07) is 28.0. The molecule has 0 bridgehead atoms. The van der Waals surface area contributed by atoms with Gasteiger partial charge in [0.2, 0.25) is 0 Å². The Kier molecular flexibility index (Phi) is 6.90. The zero-order chi connectivity index (χ0) is 21.5. The summed E-state index contributed by atoms with van der Waals surface area (Å²) in [6.45, 7) is 1.36. The quantitative estimate of drug-likeness (QED) is 0.550. The van der Waals surface area contributed by atoms with Gasteiger partial charge >= 0.3 is 0 Å². The maximum atomic E-state index is 13.7. The summed E-state index contributed by atoms with van der Waals surface area (Å²) in [5.74, 6) is 0.0648. The molecule has 0 aliphatic carbocycles.